The number of thioether (sulfide) groups is 1. The molecule has 0 spiro atoms. The van der Waals surface area contributed by atoms with E-state index >= 15 is 0 Å². The predicted octanol–water partition coefficient (Wildman–Crippen LogP) is 4.35. The van der Waals surface area contributed by atoms with Gasteiger partial charge in [0.2, 0.25) is 11.8 Å². The number of nitrogens with zero attached hydrogens (tertiary/aromatic N) is 4. The van der Waals surface area contributed by atoms with Crippen molar-refractivity contribution in [2.24, 2.45) is 0 Å². The molecule has 0 radical (unpaired) electrons. The van der Waals surface area contributed by atoms with E-state index in [-0.39, 0.29) is 5.82 Å². The minimum atomic E-state index is -0.286. The number of aromatic nitrogens is 4. The minimum Gasteiger partial charge on any atom is -0.420 e. The van der Waals surface area contributed by atoms with Gasteiger partial charge in [0, 0.05) is 18.0 Å². The number of imidazole rings is 1. The summed E-state index contributed by atoms with van der Waals surface area (Å²) in [4.78, 5) is 4.32. The first kappa shape index (κ1) is 15.6. The van der Waals surface area contributed by atoms with E-state index in [4.69, 9.17) is 4.42 Å². The van der Waals surface area contributed by atoms with Crippen molar-refractivity contribution >= 4 is 11.8 Å². The van der Waals surface area contributed by atoms with Crippen LogP contribution < -0.4 is 0 Å². The van der Waals surface area contributed by atoms with Gasteiger partial charge in [-0.15, -0.1) is 10.2 Å². The Morgan fingerprint density at radius 3 is 2.76 bits per heavy atom. The molecule has 0 aliphatic rings. The lowest BCUT2D eigenvalue weighted by atomic mass is 10.2. The van der Waals surface area contributed by atoms with Gasteiger partial charge in [-0.2, -0.15) is 0 Å². The van der Waals surface area contributed by atoms with Crippen LogP contribution in [-0.4, -0.2) is 19.7 Å². The second-order valence-electron chi connectivity index (χ2n) is 5.22. The van der Waals surface area contributed by atoms with Crippen molar-refractivity contribution in [3.05, 3.63) is 78.7 Å². The fourth-order valence-electron chi connectivity index (χ4n) is 2.35. The molecule has 7 heteroatoms. The van der Waals surface area contributed by atoms with Crippen LogP contribution in [0.2, 0.25) is 0 Å². The highest BCUT2D eigenvalue weighted by molar-refractivity contribution is 7.98. The number of halogens is 1. The molecule has 2 aromatic heterocycles. The minimum absolute atomic E-state index is 0.286. The number of hydrogen-bond acceptors (Lipinski definition) is 5. The van der Waals surface area contributed by atoms with Crippen LogP contribution in [0.1, 0.15) is 5.89 Å². The summed E-state index contributed by atoms with van der Waals surface area (Å²) in [5, 5.41) is 8.87. The highest BCUT2D eigenvalue weighted by atomic mass is 32.2. The van der Waals surface area contributed by atoms with Crippen LogP contribution in [0.5, 0.6) is 0 Å². The highest BCUT2D eigenvalue weighted by Crippen LogP contribution is 2.25. The molecule has 0 unspecified atom stereocenters. The van der Waals surface area contributed by atoms with Crippen molar-refractivity contribution < 1.29 is 8.81 Å². The number of hydrogen-bond donors (Lipinski definition) is 0. The highest BCUT2D eigenvalue weighted by Gasteiger charge is 2.11. The van der Waals surface area contributed by atoms with E-state index in [1.807, 2.05) is 41.0 Å². The summed E-state index contributed by atoms with van der Waals surface area (Å²) in [6, 6.07) is 16.0. The molecule has 0 aliphatic carbocycles. The second-order valence-corrected chi connectivity index (χ2v) is 6.16. The molecule has 0 saturated carbocycles. The smallest absolute Gasteiger partial charge is 0.247 e. The summed E-state index contributed by atoms with van der Waals surface area (Å²) in [6.07, 6.45) is 3.47. The zero-order valence-corrected chi connectivity index (χ0v) is 13.9. The van der Waals surface area contributed by atoms with Crippen LogP contribution in [-0.2, 0) is 5.75 Å². The van der Waals surface area contributed by atoms with E-state index in [0.29, 0.717) is 17.5 Å². The molecule has 0 saturated heterocycles. The van der Waals surface area contributed by atoms with Crippen LogP contribution in [0, 0.1) is 5.82 Å². The quantitative estimate of drug-likeness (QED) is 0.500. The Balaban J connectivity index is 1.50. The largest absolute Gasteiger partial charge is 0.420 e. The van der Waals surface area contributed by atoms with Crippen molar-refractivity contribution in [2.45, 2.75) is 10.9 Å². The molecule has 5 nitrogen and oxygen atoms in total. The number of rotatable bonds is 5. The van der Waals surface area contributed by atoms with Gasteiger partial charge in [0.15, 0.2) is 5.16 Å². The maximum absolute atomic E-state index is 13.4. The van der Waals surface area contributed by atoms with E-state index < -0.39 is 0 Å². The molecular formula is C18H13FN4OS. The van der Waals surface area contributed by atoms with Crippen LogP contribution in [0.4, 0.5) is 4.39 Å². The molecule has 25 heavy (non-hydrogen) atoms. The Morgan fingerprint density at radius 1 is 1.04 bits per heavy atom. The topological polar surface area (TPSA) is 56.7 Å². The average Bonchev–Trinajstić information content (AvgIpc) is 3.30. The molecule has 4 rings (SSSR count). The maximum atomic E-state index is 13.4. The molecule has 2 aromatic carbocycles. The first-order chi connectivity index (χ1) is 12.3. The molecule has 0 bridgehead atoms. The lowest BCUT2D eigenvalue weighted by molar-refractivity contribution is 0.528. The summed E-state index contributed by atoms with van der Waals surface area (Å²) in [7, 11) is 0. The summed E-state index contributed by atoms with van der Waals surface area (Å²) in [5.41, 5.74) is 1.60. The molecule has 0 aliphatic heterocycles. The van der Waals surface area contributed by atoms with Gasteiger partial charge in [0.1, 0.15) is 5.82 Å². The summed E-state index contributed by atoms with van der Waals surface area (Å²) in [5.74, 6) is 1.19. The molecule has 124 valence electrons. The summed E-state index contributed by atoms with van der Waals surface area (Å²) < 4.78 is 20.9. The van der Waals surface area contributed by atoms with E-state index in [1.54, 1.807) is 18.5 Å². The van der Waals surface area contributed by atoms with E-state index in [9.17, 15) is 4.39 Å². The standard InChI is InChI=1S/C18H13FN4OS/c19-14-7-4-8-15(11-14)23-10-9-20-18(23)25-12-16-21-22-17(24-16)13-5-2-1-3-6-13/h1-11H,12H2. The Kier molecular flexibility index (Phi) is 4.30. The van der Waals surface area contributed by atoms with Crippen LogP contribution in [0.25, 0.3) is 17.1 Å². The third-order valence-electron chi connectivity index (χ3n) is 3.51. The maximum Gasteiger partial charge on any atom is 0.247 e. The van der Waals surface area contributed by atoms with Gasteiger partial charge >= 0.3 is 0 Å². The fourth-order valence-corrected chi connectivity index (χ4v) is 3.16. The second kappa shape index (κ2) is 6.90. The molecule has 0 amide bonds. The fraction of sp³-hybridized carbons (Fsp3) is 0.0556. The molecule has 0 N–H and O–H groups in total. The monoisotopic (exact) mass is 352 g/mol. The van der Waals surface area contributed by atoms with E-state index in [1.165, 1.54) is 23.9 Å². The molecule has 0 atom stereocenters. The molecule has 0 fully saturated rings. The normalized spacial score (nSPS) is 10.9. The van der Waals surface area contributed by atoms with Crippen molar-refractivity contribution in [3.8, 4) is 17.1 Å². The molecule has 2 heterocycles. The SMILES string of the molecule is Fc1cccc(-n2ccnc2SCc2nnc(-c3ccccc3)o2)c1. The first-order valence-corrected chi connectivity index (χ1v) is 8.58. The van der Waals surface area contributed by atoms with Crippen LogP contribution in [0.3, 0.4) is 0 Å². The summed E-state index contributed by atoms with van der Waals surface area (Å²) in [6.45, 7) is 0. The predicted molar refractivity (Wildman–Crippen MR) is 92.8 cm³/mol. The third-order valence-corrected chi connectivity index (χ3v) is 4.46. The molecular weight excluding hydrogens is 339 g/mol. The Morgan fingerprint density at radius 2 is 1.92 bits per heavy atom. The van der Waals surface area contributed by atoms with Gasteiger partial charge < -0.3 is 4.42 Å². The summed E-state index contributed by atoms with van der Waals surface area (Å²) >= 11 is 1.45. The Bertz CT molecular complexity index is 983. The van der Waals surface area contributed by atoms with Gasteiger partial charge in [-0.3, -0.25) is 4.57 Å². The Hall–Kier alpha value is -2.93. The number of benzene rings is 2. The Labute approximate surface area is 147 Å². The van der Waals surface area contributed by atoms with Crippen LogP contribution >= 0.6 is 11.8 Å². The van der Waals surface area contributed by atoms with E-state index in [0.717, 1.165) is 16.4 Å². The van der Waals surface area contributed by atoms with Gasteiger partial charge in [0.25, 0.3) is 0 Å². The third kappa shape index (κ3) is 3.46. The van der Waals surface area contributed by atoms with Crippen molar-refractivity contribution in [1.29, 1.82) is 0 Å². The van der Waals surface area contributed by atoms with E-state index in [2.05, 4.69) is 15.2 Å². The lowest BCUT2D eigenvalue weighted by Crippen LogP contribution is -1.96. The van der Waals surface area contributed by atoms with Gasteiger partial charge in [-0.05, 0) is 30.3 Å². The van der Waals surface area contributed by atoms with Gasteiger partial charge in [0.05, 0.1) is 11.4 Å². The van der Waals surface area contributed by atoms with Crippen molar-refractivity contribution in [1.82, 2.24) is 19.7 Å². The van der Waals surface area contributed by atoms with Crippen molar-refractivity contribution in [3.63, 3.8) is 0 Å². The van der Waals surface area contributed by atoms with Gasteiger partial charge in [-0.25, -0.2) is 9.37 Å². The molecule has 4 aromatic rings. The van der Waals surface area contributed by atoms with Gasteiger partial charge in [-0.1, -0.05) is 36.0 Å². The van der Waals surface area contributed by atoms with Crippen molar-refractivity contribution in [2.75, 3.05) is 0 Å². The zero-order chi connectivity index (χ0) is 17.1. The first-order valence-electron chi connectivity index (χ1n) is 7.59. The lowest BCUT2D eigenvalue weighted by Gasteiger charge is -2.06. The zero-order valence-electron chi connectivity index (χ0n) is 13.0. The average molecular weight is 352 g/mol. The van der Waals surface area contributed by atoms with Crippen LogP contribution in [0.15, 0.2) is 76.6 Å².